The van der Waals surface area contributed by atoms with Gasteiger partial charge in [-0.15, -0.1) is 0 Å². The summed E-state index contributed by atoms with van der Waals surface area (Å²) in [5.74, 6) is -2.83. The molecule has 11 heteroatoms. The average molecular weight is 482 g/mol. The van der Waals surface area contributed by atoms with Crippen molar-refractivity contribution in [3.63, 3.8) is 0 Å². The zero-order chi connectivity index (χ0) is 25.1. The summed E-state index contributed by atoms with van der Waals surface area (Å²) in [5, 5.41) is 51.0. The minimum Gasteiger partial charge on any atom is -0.508 e. The van der Waals surface area contributed by atoms with Crippen LogP contribution >= 0.6 is 0 Å². The fourth-order valence-electron chi connectivity index (χ4n) is 4.24. The number of fused-ring (bicyclic) bond motifs is 3. The second kappa shape index (κ2) is 7.75. The normalized spacial score (nSPS) is 29.8. The maximum absolute atomic E-state index is 12.9. The van der Waals surface area contributed by atoms with Gasteiger partial charge in [-0.2, -0.15) is 0 Å². The van der Waals surface area contributed by atoms with Crippen LogP contribution in [0.25, 0.3) is 22.1 Å². The number of carboxylic acids is 1. The summed E-state index contributed by atoms with van der Waals surface area (Å²) in [6.07, 6.45) is -3.61. The number of rotatable bonds is 4. The lowest BCUT2D eigenvalue weighted by atomic mass is 9.70. The highest BCUT2D eigenvalue weighted by molar-refractivity contribution is 6.02. The topological polar surface area (TPSA) is 184 Å². The molecule has 0 unspecified atom stereocenters. The van der Waals surface area contributed by atoms with E-state index in [0.717, 1.165) is 12.2 Å². The Balaban J connectivity index is 1.50. The van der Waals surface area contributed by atoms with Crippen LogP contribution in [0.5, 0.6) is 11.5 Å². The van der Waals surface area contributed by atoms with Gasteiger partial charge in [-0.25, -0.2) is 4.79 Å². The molecule has 3 aromatic rings. The van der Waals surface area contributed by atoms with E-state index in [1.807, 2.05) is 0 Å². The Bertz CT molecular complexity index is 1440. The largest absolute Gasteiger partial charge is 0.508 e. The number of aliphatic hydroxyl groups excluding tert-OH is 2. The molecule has 2 aromatic carbocycles. The Kier molecular flexibility index (Phi) is 5.04. The van der Waals surface area contributed by atoms with Crippen molar-refractivity contribution in [2.45, 2.75) is 29.7 Å². The summed E-state index contributed by atoms with van der Waals surface area (Å²) in [6.45, 7) is 0. The predicted octanol–water partition coefficient (Wildman–Crippen LogP) is 0.316. The number of aromatic hydroxyl groups is 1. The second-order valence-corrected chi connectivity index (χ2v) is 8.26. The number of benzene rings is 2. The molecular formula is C24H18O11. The molecule has 0 radical (unpaired) electrons. The van der Waals surface area contributed by atoms with Crippen LogP contribution in [0, 0.1) is 0 Å². The van der Waals surface area contributed by atoms with Crippen molar-refractivity contribution in [1.82, 2.24) is 0 Å². The van der Waals surface area contributed by atoms with Crippen molar-refractivity contribution >= 4 is 22.7 Å². The average Bonchev–Trinajstić information content (AvgIpc) is 2.83. The molecule has 0 saturated carbocycles. The van der Waals surface area contributed by atoms with Crippen molar-refractivity contribution in [1.29, 1.82) is 0 Å². The number of phenolic OH excluding ortho intramolecular Hbond substituents is 1. The first-order valence-corrected chi connectivity index (χ1v) is 10.3. The summed E-state index contributed by atoms with van der Waals surface area (Å²) < 4.78 is 16.4. The summed E-state index contributed by atoms with van der Waals surface area (Å²) in [7, 11) is 0. The van der Waals surface area contributed by atoms with E-state index in [9.17, 15) is 39.9 Å². The van der Waals surface area contributed by atoms with Crippen molar-refractivity contribution < 1.29 is 49.0 Å². The van der Waals surface area contributed by atoms with Gasteiger partial charge in [-0.05, 0) is 42.0 Å². The van der Waals surface area contributed by atoms with Crippen LogP contribution in [0.3, 0.4) is 0 Å². The van der Waals surface area contributed by atoms with Crippen LogP contribution < -0.4 is 10.2 Å². The van der Waals surface area contributed by atoms with Crippen molar-refractivity contribution in [3.8, 4) is 22.6 Å². The highest BCUT2D eigenvalue weighted by Gasteiger charge is 2.69. The van der Waals surface area contributed by atoms with Crippen LogP contribution in [0.1, 0.15) is 0 Å². The first-order chi connectivity index (χ1) is 16.6. The Morgan fingerprint density at radius 2 is 1.77 bits per heavy atom. The van der Waals surface area contributed by atoms with Crippen LogP contribution in [0.4, 0.5) is 0 Å². The standard InChI is InChI=1S/C24H18O11/c25-12-3-1-11(2-4-12)15-10-33-16-9-13(5-6-14(16)18(15)27)34-20-19(28)24(32)17(26)7-8-23(35-20,21(24)29)22(30)31/h1-10,19-21,25,28-29,32H,(H,30,31)/t19-,20-,21+,23-,24-/m0/s1. The summed E-state index contributed by atoms with van der Waals surface area (Å²) >= 11 is 0. The Labute approximate surface area is 195 Å². The SMILES string of the molecule is O=C1C=C[C@]2(C(=O)O)O[C@H](Oc3ccc4c(=O)c(-c5ccc(O)cc5)coc4c3)[C@H](O)[C@]1(O)[C@@H]2O. The van der Waals surface area contributed by atoms with E-state index in [1.54, 1.807) is 12.1 Å². The number of carboxylic acid groups (broad SMARTS) is 1. The lowest BCUT2D eigenvalue weighted by Crippen LogP contribution is -2.77. The molecule has 1 aliphatic heterocycles. The van der Waals surface area contributed by atoms with Gasteiger partial charge in [0.05, 0.1) is 10.9 Å². The van der Waals surface area contributed by atoms with Crippen molar-refractivity contribution in [2.24, 2.45) is 0 Å². The lowest BCUT2D eigenvalue weighted by molar-refractivity contribution is -0.318. The molecule has 1 saturated heterocycles. The smallest absolute Gasteiger partial charge is 0.343 e. The van der Waals surface area contributed by atoms with Gasteiger partial charge in [0.1, 0.15) is 29.4 Å². The number of hydrogen-bond acceptors (Lipinski definition) is 10. The number of carbonyl (C=O) groups is 2. The van der Waals surface area contributed by atoms with Gasteiger partial charge in [0.15, 0.2) is 22.9 Å². The molecule has 0 spiro atoms. The monoisotopic (exact) mass is 482 g/mol. The quantitative estimate of drug-likeness (QED) is 0.345. The minimum atomic E-state index is -2.89. The molecule has 2 aliphatic rings. The number of hydrogen-bond donors (Lipinski definition) is 5. The van der Waals surface area contributed by atoms with Crippen molar-refractivity contribution in [2.75, 3.05) is 0 Å². The van der Waals surface area contributed by atoms with Crippen LogP contribution in [0.15, 0.2) is 70.1 Å². The molecule has 5 atom stereocenters. The third kappa shape index (κ3) is 3.25. The van der Waals surface area contributed by atoms with Crippen LogP contribution in [-0.2, 0) is 14.3 Å². The summed E-state index contributed by atoms with van der Waals surface area (Å²) in [6, 6.07) is 9.94. The Hall–Kier alpha value is -4.03. The molecule has 35 heavy (non-hydrogen) atoms. The van der Waals surface area contributed by atoms with E-state index in [-0.39, 0.29) is 33.5 Å². The number of phenols is 1. The van der Waals surface area contributed by atoms with Crippen molar-refractivity contribution in [3.05, 3.63) is 71.1 Å². The van der Waals surface area contributed by atoms with Crippen LogP contribution in [-0.4, -0.2) is 67.0 Å². The fourth-order valence-corrected chi connectivity index (χ4v) is 4.24. The van der Waals surface area contributed by atoms with Gasteiger partial charge in [0, 0.05) is 6.07 Å². The molecule has 1 aromatic heterocycles. The number of aliphatic carboxylic acids is 1. The molecule has 0 amide bonds. The molecule has 11 nitrogen and oxygen atoms in total. The predicted molar refractivity (Wildman–Crippen MR) is 117 cm³/mol. The number of aliphatic hydroxyl groups is 3. The third-order valence-corrected chi connectivity index (χ3v) is 6.23. The molecule has 1 aliphatic carbocycles. The minimum absolute atomic E-state index is 0.0380. The highest BCUT2D eigenvalue weighted by Crippen LogP contribution is 2.42. The van der Waals surface area contributed by atoms with Gasteiger partial charge in [0.25, 0.3) is 0 Å². The lowest BCUT2D eigenvalue weighted by Gasteiger charge is -2.51. The fraction of sp³-hybridized carbons (Fsp3) is 0.208. The zero-order valence-corrected chi connectivity index (χ0v) is 17.7. The zero-order valence-electron chi connectivity index (χ0n) is 17.7. The molecule has 5 N–H and O–H groups in total. The van der Waals surface area contributed by atoms with Gasteiger partial charge in [-0.1, -0.05) is 12.1 Å². The number of ketones is 1. The van der Waals surface area contributed by atoms with E-state index in [2.05, 4.69) is 0 Å². The van der Waals surface area contributed by atoms with Gasteiger partial charge in [0.2, 0.25) is 11.9 Å². The number of ether oxygens (including phenoxy) is 2. The Morgan fingerprint density at radius 3 is 2.46 bits per heavy atom. The van der Waals surface area contributed by atoms with E-state index in [1.165, 1.54) is 36.6 Å². The first kappa shape index (κ1) is 22.7. The van der Waals surface area contributed by atoms with Gasteiger partial charge >= 0.3 is 5.97 Å². The maximum atomic E-state index is 12.9. The molecule has 2 heterocycles. The van der Waals surface area contributed by atoms with E-state index in [4.69, 9.17) is 13.9 Å². The summed E-state index contributed by atoms with van der Waals surface area (Å²) in [5.41, 5.74) is -4.95. The van der Waals surface area contributed by atoms with E-state index < -0.39 is 41.5 Å². The van der Waals surface area contributed by atoms with E-state index >= 15 is 0 Å². The number of carbonyl (C=O) groups excluding carboxylic acids is 1. The molecule has 5 rings (SSSR count). The highest BCUT2D eigenvalue weighted by atomic mass is 16.7. The van der Waals surface area contributed by atoms with Gasteiger partial charge < -0.3 is 39.4 Å². The Morgan fingerprint density at radius 1 is 1.06 bits per heavy atom. The van der Waals surface area contributed by atoms with Gasteiger partial charge in [-0.3, -0.25) is 9.59 Å². The molecule has 180 valence electrons. The molecule has 2 bridgehead atoms. The van der Waals surface area contributed by atoms with Crippen LogP contribution in [0.2, 0.25) is 0 Å². The second-order valence-electron chi connectivity index (χ2n) is 8.26. The molecule has 1 fully saturated rings. The summed E-state index contributed by atoms with van der Waals surface area (Å²) in [4.78, 5) is 37.1. The maximum Gasteiger partial charge on any atom is 0.343 e. The van der Waals surface area contributed by atoms with E-state index in [0.29, 0.717) is 5.56 Å². The third-order valence-electron chi connectivity index (χ3n) is 6.23. The molecular weight excluding hydrogens is 464 g/mol. The first-order valence-electron chi connectivity index (χ1n) is 10.3.